The van der Waals surface area contributed by atoms with Crippen LogP contribution in [0.2, 0.25) is 0 Å². The quantitative estimate of drug-likeness (QED) is 0.687. The van der Waals surface area contributed by atoms with Crippen molar-refractivity contribution in [2.24, 2.45) is 5.92 Å². The number of nitrogens with two attached hydrogens (primary N) is 1. The number of benzene rings is 1. The van der Waals surface area contributed by atoms with Crippen LogP contribution in [0.4, 0.5) is 25.1 Å². The summed E-state index contributed by atoms with van der Waals surface area (Å²) in [5, 5.41) is 10.9. The van der Waals surface area contributed by atoms with E-state index in [1.807, 2.05) is 19.1 Å². The number of nitrogen functional groups attached to an aromatic ring is 1. The molecule has 0 aliphatic carbocycles. The fourth-order valence-electron chi connectivity index (χ4n) is 3.29. The smallest absolute Gasteiger partial charge is 0.323 e. The molecule has 2 aromatic heterocycles. The number of hydrogen-bond acceptors (Lipinski definition) is 5. The fraction of sp³-hybridized carbons (Fsp3) is 0.238. The van der Waals surface area contributed by atoms with Gasteiger partial charge in [0.1, 0.15) is 11.6 Å². The van der Waals surface area contributed by atoms with Crippen LogP contribution in [0, 0.1) is 24.5 Å². The van der Waals surface area contributed by atoms with Crippen LogP contribution in [-0.4, -0.2) is 39.2 Å². The van der Waals surface area contributed by atoms with Gasteiger partial charge in [-0.3, -0.25) is 5.32 Å². The third kappa shape index (κ3) is 4.19. The molecule has 1 fully saturated rings. The van der Waals surface area contributed by atoms with Crippen LogP contribution in [-0.2, 0) is 6.42 Å². The molecule has 154 valence electrons. The van der Waals surface area contributed by atoms with Crippen molar-refractivity contribution in [1.82, 2.24) is 20.1 Å². The molecule has 1 saturated heterocycles. The first-order valence-corrected chi connectivity index (χ1v) is 9.46. The number of nitrogens with zero attached hydrogens (tertiary/aromatic N) is 4. The number of nitrogens with one attached hydrogen (secondary N) is 1. The number of aromatic nitrogens is 3. The highest BCUT2D eigenvalue weighted by Crippen LogP contribution is 2.27. The lowest BCUT2D eigenvalue weighted by Gasteiger charge is -2.39. The highest BCUT2D eigenvalue weighted by Gasteiger charge is 2.31. The molecule has 2 amide bonds. The van der Waals surface area contributed by atoms with Crippen molar-refractivity contribution in [3.05, 3.63) is 65.5 Å². The topological polar surface area (TPSA) is 97.0 Å². The number of aryl methyl sites for hydroxylation is 1. The van der Waals surface area contributed by atoms with Crippen molar-refractivity contribution in [3.63, 3.8) is 0 Å². The van der Waals surface area contributed by atoms with Crippen LogP contribution in [0.15, 0.2) is 42.5 Å². The van der Waals surface area contributed by atoms with Gasteiger partial charge in [-0.05, 0) is 55.7 Å². The van der Waals surface area contributed by atoms with Gasteiger partial charge in [0.05, 0.1) is 22.8 Å². The SMILES string of the molecule is Cc1ccc(CC2CN(C(=O)Nc3nc(-c4ccc(F)cc4F)ccc3N)C2)nn1. The predicted molar refractivity (Wildman–Crippen MR) is 109 cm³/mol. The van der Waals surface area contributed by atoms with Gasteiger partial charge in [0, 0.05) is 24.7 Å². The van der Waals surface area contributed by atoms with E-state index in [1.165, 1.54) is 18.2 Å². The molecule has 3 aromatic rings. The van der Waals surface area contributed by atoms with E-state index in [1.54, 1.807) is 4.90 Å². The molecule has 4 rings (SSSR count). The molecular weight excluding hydrogens is 390 g/mol. The van der Waals surface area contributed by atoms with Gasteiger partial charge in [-0.15, -0.1) is 0 Å². The van der Waals surface area contributed by atoms with Crippen LogP contribution in [0.25, 0.3) is 11.3 Å². The minimum absolute atomic E-state index is 0.120. The van der Waals surface area contributed by atoms with E-state index >= 15 is 0 Å². The first kappa shape index (κ1) is 19.7. The lowest BCUT2D eigenvalue weighted by Crippen LogP contribution is -2.52. The average molecular weight is 410 g/mol. The number of anilines is 2. The number of halogens is 2. The highest BCUT2D eigenvalue weighted by molar-refractivity contribution is 5.92. The first-order chi connectivity index (χ1) is 14.4. The summed E-state index contributed by atoms with van der Waals surface area (Å²) in [7, 11) is 0. The highest BCUT2D eigenvalue weighted by atomic mass is 19.1. The number of carbonyl (C=O) groups is 1. The monoisotopic (exact) mass is 410 g/mol. The van der Waals surface area contributed by atoms with Crippen LogP contribution >= 0.6 is 0 Å². The van der Waals surface area contributed by atoms with Gasteiger partial charge in [-0.1, -0.05) is 0 Å². The second-order valence-corrected chi connectivity index (χ2v) is 7.33. The molecular formula is C21H20F2N6O. The van der Waals surface area contributed by atoms with Gasteiger partial charge in [0.2, 0.25) is 0 Å². The van der Waals surface area contributed by atoms with Gasteiger partial charge in [-0.2, -0.15) is 10.2 Å². The number of hydrogen-bond donors (Lipinski definition) is 2. The Morgan fingerprint density at radius 2 is 1.97 bits per heavy atom. The van der Waals surface area contributed by atoms with E-state index in [-0.39, 0.29) is 28.8 Å². The maximum Gasteiger partial charge on any atom is 0.323 e. The van der Waals surface area contributed by atoms with Crippen molar-refractivity contribution in [3.8, 4) is 11.3 Å². The molecule has 7 nitrogen and oxygen atoms in total. The molecule has 0 saturated carbocycles. The molecule has 3 heterocycles. The maximum absolute atomic E-state index is 14.1. The molecule has 1 aromatic carbocycles. The van der Waals surface area contributed by atoms with Crippen LogP contribution in [0.3, 0.4) is 0 Å². The summed E-state index contributed by atoms with van der Waals surface area (Å²) >= 11 is 0. The van der Waals surface area contributed by atoms with Gasteiger partial charge in [0.15, 0.2) is 5.82 Å². The van der Waals surface area contributed by atoms with E-state index in [0.717, 1.165) is 29.9 Å². The molecule has 0 bridgehead atoms. The Labute approximate surface area is 171 Å². The summed E-state index contributed by atoms with van der Waals surface area (Å²) in [6, 6.07) is 9.78. The third-order valence-corrected chi connectivity index (χ3v) is 4.95. The molecule has 3 N–H and O–H groups in total. The summed E-state index contributed by atoms with van der Waals surface area (Å²) in [6.07, 6.45) is 0.747. The normalized spacial score (nSPS) is 13.8. The number of likely N-dealkylation sites (tertiary alicyclic amines) is 1. The standard InChI is InChI=1S/C21H20F2N6O/c1-12-2-4-15(28-27-12)8-13-10-29(11-13)21(30)26-20-18(24)6-7-19(25-20)16-5-3-14(22)9-17(16)23/h2-7,9,13H,8,10-11,24H2,1H3,(H,25,26,30). The number of rotatable bonds is 4. The lowest BCUT2D eigenvalue weighted by atomic mass is 9.95. The van der Waals surface area contributed by atoms with Crippen molar-refractivity contribution in [1.29, 1.82) is 0 Å². The largest absolute Gasteiger partial charge is 0.396 e. The number of pyridine rings is 1. The lowest BCUT2D eigenvalue weighted by molar-refractivity contribution is 0.130. The summed E-state index contributed by atoms with van der Waals surface area (Å²) in [5.74, 6) is -0.981. The predicted octanol–water partition coefficient (Wildman–Crippen LogP) is 3.41. The zero-order chi connectivity index (χ0) is 21.3. The fourth-order valence-corrected chi connectivity index (χ4v) is 3.29. The van der Waals surface area contributed by atoms with E-state index < -0.39 is 11.6 Å². The summed E-state index contributed by atoms with van der Waals surface area (Å²) in [4.78, 5) is 18.4. The van der Waals surface area contributed by atoms with E-state index in [9.17, 15) is 13.6 Å². The molecule has 9 heteroatoms. The third-order valence-electron chi connectivity index (χ3n) is 4.95. The van der Waals surface area contributed by atoms with Crippen LogP contribution < -0.4 is 11.1 Å². The Bertz CT molecular complexity index is 1080. The summed E-state index contributed by atoms with van der Waals surface area (Å²) < 4.78 is 27.2. The zero-order valence-corrected chi connectivity index (χ0v) is 16.3. The molecule has 0 atom stereocenters. The van der Waals surface area contributed by atoms with Gasteiger partial charge in [0.25, 0.3) is 0 Å². The Morgan fingerprint density at radius 1 is 1.17 bits per heavy atom. The van der Waals surface area contributed by atoms with Crippen LogP contribution in [0.5, 0.6) is 0 Å². The van der Waals surface area contributed by atoms with Gasteiger partial charge in [-0.25, -0.2) is 18.6 Å². The Morgan fingerprint density at radius 3 is 2.67 bits per heavy atom. The van der Waals surface area contributed by atoms with Crippen LogP contribution in [0.1, 0.15) is 11.4 Å². The Balaban J connectivity index is 1.39. The van der Waals surface area contributed by atoms with E-state index in [0.29, 0.717) is 19.0 Å². The first-order valence-electron chi connectivity index (χ1n) is 9.46. The van der Waals surface area contributed by atoms with Crippen molar-refractivity contribution in [2.45, 2.75) is 13.3 Å². The minimum Gasteiger partial charge on any atom is -0.396 e. The number of carbonyl (C=O) groups excluding carboxylic acids is 1. The molecule has 30 heavy (non-hydrogen) atoms. The molecule has 1 aliphatic rings. The zero-order valence-electron chi connectivity index (χ0n) is 16.3. The average Bonchev–Trinajstić information content (AvgIpc) is 2.67. The maximum atomic E-state index is 14.1. The molecule has 0 unspecified atom stereocenters. The second-order valence-electron chi connectivity index (χ2n) is 7.33. The number of urea groups is 1. The summed E-state index contributed by atoms with van der Waals surface area (Å²) in [6.45, 7) is 3.03. The van der Waals surface area contributed by atoms with Gasteiger partial charge >= 0.3 is 6.03 Å². The Kier molecular flexibility index (Phi) is 5.26. The van der Waals surface area contributed by atoms with E-state index in [2.05, 4.69) is 20.5 Å². The van der Waals surface area contributed by atoms with Crippen molar-refractivity contribution >= 4 is 17.5 Å². The van der Waals surface area contributed by atoms with Crippen molar-refractivity contribution < 1.29 is 13.6 Å². The second kappa shape index (κ2) is 8.02. The van der Waals surface area contributed by atoms with Gasteiger partial charge < -0.3 is 10.6 Å². The Hall–Kier alpha value is -3.62. The summed E-state index contributed by atoms with van der Waals surface area (Å²) in [5.41, 5.74) is 8.29. The molecule has 1 aliphatic heterocycles. The van der Waals surface area contributed by atoms with E-state index in [4.69, 9.17) is 5.73 Å². The minimum atomic E-state index is -0.741. The number of amides is 2. The molecule has 0 spiro atoms. The van der Waals surface area contributed by atoms with Crippen molar-refractivity contribution in [2.75, 3.05) is 24.1 Å². The molecule has 0 radical (unpaired) electrons.